The van der Waals surface area contributed by atoms with Gasteiger partial charge in [0, 0.05) is 24.8 Å². The summed E-state index contributed by atoms with van der Waals surface area (Å²) in [5.41, 5.74) is -0.869. The Bertz CT molecular complexity index is 640. The fourth-order valence-corrected chi connectivity index (χ4v) is 3.21. The molecule has 6 nitrogen and oxygen atoms in total. The minimum atomic E-state index is -4.42. The minimum Gasteiger partial charge on any atom is -0.378 e. The predicted octanol–water partition coefficient (Wildman–Crippen LogP) is 2.00. The zero-order chi connectivity index (χ0) is 18.4. The van der Waals surface area contributed by atoms with Crippen LogP contribution in [-0.4, -0.2) is 57.6 Å². The largest absolute Gasteiger partial charge is 0.398 e. The number of nitrogens with one attached hydrogen (secondary N) is 2. The molecular weight excluding hydrogens is 337 g/mol. The van der Waals surface area contributed by atoms with Crippen LogP contribution in [0.25, 0.3) is 0 Å². The van der Waals surface area contributed by atoms with Gasteiger partial charge in [0.05, 0.1) is 0 Å². The Morgan fingerprint density at radius 2 is 2.16 bits per heavy atom. The van der Waals surface area contributed by atoms with Crippen LogP contribution in [0.1, 0.15) is 55.2 Å². The minimum absolute atomic E-state index is 0.0642. The summed E-state index contributed by atoms with van der Waals surface area (Å²) < 4.78 is 39.1. The van der Waals surface area contributed by atoms with E-state index in [-0.39, 0.29) is 37.3 Å². The molecule has 0 spiro atoms. The molecule has 3 N–H and O–H groups in total. The number of aliphatic hydroxyl groups excluding tert-OH is 1. The molecule has 9 heteroatoms. The van der Waals surface area contributed by atoms with Crippen molar-refractivity contribution in [3.8, 4) is 0 Å². The van der Waals surface area contributed by atoms with Crippen LogP contribution in [0.4, 0.5) is 13.2 Å². The highest BCUT2D eigenvalue weighted by molar-refractivity contribution is 5.92. The third-order valence-corrected chi connectivity index (χ3v) is 5.18. The zero-order valence-corrected chi connectivity index (χ0v) is 14.2. The van der Waals surface area contributed by atoms with Crippen molar-refractivity contribution in [2.24, 2.45) is 5.41 Å². The van der Waals surface area contributed by atoms with E-state index < -0.39 is 17.8 Å². The van der Waals surface area contributed by atoms with Crippen molar-refractivity contribution in [2.45, 2.75) is 57.5 Å². The number of hydrogen-bond acceptors (Lipinski definition) is 4. The maximum absolute atomic E-state index is 13.0. The van der Waals surface area contributed by atoms with Crippen molar-refractivity contribution in [1.29, 1.82) is 0 Å². The van der Waals surface area contributed by atoms with Crippen molar-refractivity contribution >= 4 is 5.91 Å². The number of H-pyrrole nitrogens is 1. The standard InChI is InChI=1S/C16H23F3N4O2/c1-9(2)11-7-12(22-21-11)13(24)23-6-3-10(8-23)20-14(25)15(4-5-15)16(17,18)19/h7,9-10,14,20,25H,3-6,8H2,1-2H3,(H,21,22)/t10?,14-/m0/s1. The molecule has 1 unspecified atom stereocenters. The molecule has 2 fully saturated rings. The molecule has 1 saturated carbocycles. The number of alkyl halides is 3. The third kappa shape index (κ3) is 3.39. The van der Waals surface area contributed by atoms with Gasteiger partial charge in [-0.05, 0) is 31.2 Å². The fourth-order valence-electron chi connectivity index (χ4n) is 3.21. The van der Waals surface area contributed by atoms with E-state index in [1.165, 1.54) is 0 Å². The van der Waals surface area contributed by atoms with Gasteiger partial charge in [-0.25, -0.2) is 0 Å². The predicted molar refractivity (Wildman–Crippen MR) is 83.8 cm³/mol. The number of carbonyl (C=O) groups is 1. The molecule has 140 valence electrons. The van der Waals surface area contributed by atoms with Crippen LogP contribution in [0.2, 0.25) is 0 Å². The van der Waals surface area contributed by atoms with Crippen LogP contribution in [-0.2, 0) is 0 Å². The molecule has 1 aromatic heterocycles. The van der Waals surface area contributed by atoms with Crippen molar-refractivity contribution in [2.75, 3.05) is 13.1 Å². The van der Waals surface area contributed by atoms with E-state index in [4.69, 9.17) is 0 Å². The summed E-state index contributed by atoms with van der Waals surface area (Å²) in [6.07, 6.45) is -5.68. The van der Waals surface area contributed by atoms with Gasteiger partial charge in [0.25, 0.3) is 5.91 Å². The highest BCUT2D eigenvalue weighted by Crippen LogP contribution is 2.59. The molecule has 2 heterocycles. The maximum atomic E-state index is 13.0. The lowest BCUT2D eigenvalue weighted by molar-refractivity contribution is -0.219. The Kier molecular flexibility index (Phi) is 4.57. The molecule has 0 aromatic carbocycles. The second-order valence-electron chi connectivity index (χ2n) is 7.32. The molecule has 0 bridgehead atoms. The number of aliphatic hydroxyl groups is 1. The van der Waals surface area contributed by atoms with Crippen LogP contribution in [0.15, 0.2) is 6.07 Å². The summed E-state index contributed by atoms with van der Waals surface area (Å²) >= 11 is 0. The zero-order valence-electron chi connectivity index (χ0n) is 14.2. The van der Waals surface area contributed by atoms with E-state index in [9.17, 15) is 23.1 Å². The Morgan fingerprint density at radius 3 is 2.68 bits per heavy atom. The van der Waals surface area contributed by atoms with E-state index in [1.54, 1.807) is 11.0 Å². The smallest absolute Gasteiger partial charge is 0.378 e. The molecule has 2 atom stereocenters. The summed E-state index contributed by atoms with van der Waals surface area (Å²) in [6, 6.07) is 1.34. The van der Waals surface area contributed by atoms with Crippen molar-refractivity contribution < 1.29 is 23.1 Å². The number of halogens is 3. The topological polar surface area (TPSA) is 81.2 Å². The van der Waals surface area contributed by atoms with Crippen LogP contribution in [0, 0.1) is 5.41 Å². The monoisotopic (exact) mass is 360 g/mol. The molecule has 1 saturated heterocycles. The van der Waals surface area contributed by atoms with Gasteiger partial charge in [-0.1, -0.05) is 13.8 Å². The molecule has 3 rings (SSSR count). The van der Waals surface area contributed by atoms with Gasteiger partial charge in [-0.15, -0.1) is 0 Å². The van der Waals surface area contributed by atoms with Crippen molar-refractivity contribution in [3.63, 3.8) is 0 Å². The van der Waals surface area contributed by atoms with Gasteiger partial charge in [0.2, 0.25) is 0 Å². The average Bonchev–Trinajstić information content (AvgIpc) is 3.01. The van der Waals surface area contributed by atoms with E-state index >= 15 is 0 Å². The third-order valence-electron chi connectivity index (χ3n) is 5.18. The quantitative estimate of drug-likeness (QED) is 0.702. The van der Waals surface area contributed by atoms with Gasteiger partial charge >= 0.3 is 6.18 Å². The lowest BCUT2D eigenvalue weighted by atomic mass is 10.0. The van der Waals surface area contributed by atoms with Gasteiger partial charge in [0.1, 0.15) is 17.3 Å². The molecule has 25 heavy (non-hydrogen) atoms. The number of carbonyl (C=O) groups excluding carboxylic acids is 1. The van der Waals surface area contributed by atoms with Crippen LogP contribution in [0.3, 0.4) is 0 Å². The average molecular weight is 360 g/mol. The molecule has 0 radical (unpaired) electrons. The molecule has 1 amide bonds. The number of rotatable bonds is 5. The number of likely N-dealkylation sites (tertiary alicyclic amines) is 1. The Balaban J connectivity index is 1.57. The number of aromatic nitrogens is 2. The summed E-state index contributed by atoms with van der Waals surface area (Å²) in [7, 11) is 0. The first-order valence-electron chi connectivity index (χ1n) is 8.49. The van der Waals surface area contributed by atoms with Crippen LogP contribution in [0.5, 0.6) is 0 Å². The first-order chi connectivity index (χ1) is 11.6. The number of amides is 1. The molecular formula is C16H23F3N4O2. The first-order valence-corrected chi connectivity index (χ1v) is 8.49. The Hall–Kier alpha value is -1.61. The van der Waals surface area contributed by atoms with Gasteiger partial charge in [-0.2, -0.15) is 18.3 Å². The summed E-state index contributed by atoms with van der Waals surface area (Å²) in [5, 5.41) is 19.5. The lowest BCUT2D eigenvalue weighted by Gasteiger charge is -2.28. The normalized spacial score (nSPS) is 24.0. The van der Waals surface area contributed by atoms with E-state index in [2.05, 4.69) is 15.5 Å². The molecule has 1 aliphatic carbocycles. The molecule has 2 aliphatic rings. The maximum Gasteiger partial charge on any atom is 0.398 e. The summed E-state index contributed by atoms with van der Waals surface area (Å²) in [5.74, 6) is -0.0341. The van der Waals surface area contributed by atoms with Crippen molar-refractivity contribution in [1.82, 2.24) is 20.4 Å². The highest BCUT2D eigenvalue weighted by atomic mass is 19.4. The first kappa shape index (κ1) is 18.2. The Labute approximate surface area is 143 Å². The number of hydrogen-bond donors (Lipinski definition) is 3. The summed E-state index contributed by atoms with van der Waals surface area (Å²) in [4.78, 5) is 14.0. The number of aromatic amines is 1. The van der Waals surface area contributed by atoms with Gasteiger partial charge in [0.15, 0.2) is 0 Å². The lowest BCUT2D eigenvalue weighted by Crippen LogP contribution is -2.50. The second kappa shape index (κ2) is 6.28. The van der Waals surface area contributed by atoms with Crippen LogP contribution < -0.4 is 5.32 Å². The highest BCUT2D eigenvalue weighted by Gasteiger charge is 2.67. The Morgan fingerprint density at radius 1 is 1.48 bits per heavy atom. The van der Waals surface area contributed by atoms with E-state index in [1.807, 2.05) is 13.8 Å². The second-order valence-corrected chi connectivity index (χ2v) is 7.32. The van der Waals surface area contributed by atoms with E-state index in [0.717, 1.165) is 5.69 Å². The summed E-state index contributed by atoms with van der Waals surface area (Å²) in [6.45, 7) is 4.64. The SMILES string of the molecule is CC(C)c1cc(C(=O)N2CCC(N[C@@H](O)C3(C(F)(F)F)CC3)C2)n[nH]1. The van der Waals surface area contributed by atoms with Crippen LogP contribution >= 0.6 is 0 Å². The molecule has 1 aliphatic heterocycles. The van der Waals surface area contributed by atoms with Gasteiger partial charge in [-0.3, -0.25) is 15.2 Å². The van der Waals surface area contributed by atoms with Gasteiger partial charge < -0.3 is 10.0 Å². The number of nitrogens with zero attached hydrogens (tertiary/aromatic N) is 2. The van der Waals surface area contributed by atoms with E-state index in [0.29, 0.717) is 18.7 Å². The fraction of sp³-hybridized carbons (Fsp3) is 0.750. The molecule has 1 aromatic rings. The van der Waals surface area contributed by atoms with Crippen molar-refractivity contribution in [3.05, 3.63) is 17.5 Å².